The Morgan fingerprint density at radius 2 is 1.74 bits per heavy atom. The van der Waals surface area contributed by atoms with Gasteiger partial charge >= 0.3 is 0 Å². The van der Waals surface area contributed by atoms with Gasteiger partial charge in [-0.2, -0.15) is 0 Å². The van der Waals surface area contributed by atoms with Crippen LogP contribution in [0.15, 0.2) is 52.4 Å². The molecule has 0 amide bonds. The van der Waals surface area contributed by atoms with Crippen LogP contribution in [0.2, 0.25) is 0 Å². The second-order valence-corrected chi connectivity index (χ2v) is 7.71. The lowest BCUT2D eigenvalue weighted by molar-refractivity contribution is 0.174. The van der Waals surface area contributed by atoms with Crippen LogP contribution in [0.25, 0.3) is 0 Å². The minimum absolute atomic E-state index is 0.229. The number of sulfonamides is 1. The summed E-state index contributed by atoms with van der Waals surface area (Å²) in [6, 6.07) is 12.5. The summed E-state index contributed by atoms with van der Waals surface area (Å²) in [5.41, 5.74) is 1.86. The van der Waals surface area contributed by atoms with E-state index < -0.39 is 10.0 Å². The summed E-state index contributed by atoms with van der Waals surface area (Å²) in [5.74, 6) is 2.09. The van der Waals surface area contributed by atoms with Crippen LogP contribution < -0.4 is 24.8 Å². The molecule has 8 nitrogen and oxygen atoms in total. The van der Waals surface area contributed by atoms with Crippen LogP contribution in [0.3, 0.4) is 0 Å². The van der Waals surface area contributed by atoms with Gasteiger partial charge in [-0.1, -0.05) is 18.2 Å². The molecule has 0 bridgehead atoms. The Morgan fingerprint density at radius 3 is 2.44 bits per heavy atom. The van der Waals surface area contributed by atoms with Gasteiger partial charge in [-0.3, -0.25) is 4.99 Å². The molecule has 2 aromatic rings. The highest BCUT2D eigenvalue weighted by Crippen LogP contribution is 2.32. The minimum Gasteiger partial charge on any atom is -0.454 e. The van der Waals surface area contributed by atoms with Crippen molar-refractivity contribution in [2.45, 2.75) is 18.0 Å². The van der Waals surface area contributed by atoms with E-state index in [-0.39, 0.29) is 11.7 Å². The van der Waals surface area contributed by atoms with Crippen LogP contribution in [0, 0.1) is 0 Å². The van der Waals surface area contributed by atoms with Crippen molar-refractivity contribution in [1.82, 2.24) is 15.4 Å². The van der Waals surface area contributed by atoms with Gasteiger partial charge in [-0.25, -0.2) is 13.1 Å². The molecule has 2 aromatic carbocycles. The van der Waals surface area contributed by atoms with Crippen molar-refractivity contribution < 1.29 is 17.9 Å². The van der Waals surface area contributed by atoms with Crippen LogP contribution in [-0.4, -0.2) is 35.3 Å². The van der Waals surface area contributed by atoms with Gasteiger partial charge in [0.05, 0.1) is 4.90 Å². The summed E-state index contributed by atoms with van der Waals surface area (Å²) in [7, 11) is -0.393. The van der Waals surface area contributed by atoms with Crippen molar-refractivity contribution in [3.05, 3.63) is 53.6 Å². The maximum Gasteiger partial charge on any atom is 0.240 e. The zero-order valence-corrected chi connectivity index (χ0v) is 16.0. The van der Waals surface area contributed by atoms with Gasteiger partial charge in [-0.15, -0.1) is 0 Å². The number of ether oxygens (including phenoxy) is 2. The van der Waals surface area contributed by atoms with E-state index in [1.54, 1.807) is 25.2 Å². The van der Waals surface area contributed by atoms with Crippen LogP contribution in [-0.2, 0) is 23.1 Å². The topological polar surface area (TPSA) is 101 Å². The standard InChI is InChI=1S/C18H22N4O4S/c1-19-18(22-11-14-6-7-16-17(9-14)26-12-25-16)21-10-13-4-3-5-15(8-13)27(23,24)20-2/h3-9,20H,10-12H2,1-2H3,(H2,19,21,22). The molecule has 0 spiro atoms. The molecule has 0 aromatic heterocycles. The molecule has 1 heterocycles. The Labute approximate surface area is 158 Å². The Kier molecular flexibility index (Phi) is 5.82. The molecule has 0 saturated heterocycles. The van der Waals surface area contributed by atoms with Gasteiger partial charge < -0.3 is 20.1 Å². The molecule has 144 valence electrons. The first kappa shape index (κ1) is 19.0. The maximum atomic E-state index is 11.9. The highest BCUT2D eigenvalue weighted by atomic mass is 32.2. The molecule has 3 rings (SSSR count). The zero-order valence-electron chi connectivity index (χ0n) is 15.2. The molecule has 9 heteroatoms. The van der Waals surface area contributed by atoms with Crippen LogP contribution in [0.5, 0.6) is 11.5 Å². The molecule has 0 fully saturated rings. The largest absolute Gasteiger partial charge is 0.454 e. The van der Waals surface area contributed by atoms with Crippen molar-refractivity contribution in [2.75, 3.05) is 20.9 Å². The molecule has 3 N–H and O–H groups in total. The van der Waals surface area contributed by atoms with Crippen molar-refractivity contribution >= 4 is 16.0 Å². The smallest absolute Gasteiger partial charge is 0.240 e. The Hall–Kier alpha value is -2.78. The fourth-order valence-corrected chi connectivity index (χ4v) is 3.38. The van der Waals surface area contributed by atoms with Crippen molar-refractivity contribution in [3.8, 4) is 11.5 Å². The third-order valence-corrected chi connectivity index (χ3v) is 5.47. The first-order valence-corrected chi connectivity index (χ1v) is 9.85. The second kappa shape index (κ2) is 8.28. The number of nitrogens with zero attached hydrogens (tertiary/aromatic N) is 1. The molecule has 0 aliphatic carbocycles. The van der Waals surface area contributed by atoms with Crippen LogP contribution >= 0.6 is 0 Å². The highest BCUT2D eigenvalue weighted by molar-refractivity contribution is 7.89. The van der Waals surface area contributed by atoms with E-state index >= 15 is 0 Å². The highest BCUT2D eigenvalue weighted by Gasteiger charge is 2.13. The van der Waals surface area contributed by atoms with Gasteiger partial charge in [0.1, 0.15) is 0 Å². The summed E-state index contributed by atoms with van der Waals surface area (Å²) in [5, 5.41) is 6.39. The number of benzene rings is 2. The van der Waals surface area contributed by atoms with Gasteiger partial charge in [0.25, 0.3) is 0 Å². The monoisotopic (exact) mass is 390 g/mol. The van der Waals surface area contributed by atoms with E-state index in [9.17, 15) is 8.42 Å². The maximum absolute atomic E-state index is 11.9. The van der Waals surface area contributed by atoms with Gasteiger partial charge in [0.15, 0.2) is 17.5 Å². The van der Waals surface area contributed by atoms with Crippen molar-refractivity contribution in [3.63, 3.8) is 0 Å². The molecule has 0 radical (unpaired) electrons. The van der Waals surface area contributed by atoms with Crippen molar-refractivity contribution in [2.24, 2.45) is 4.99 Å². The number of fused-ring (bicyclic) bond motifs is 1. The third-order valence-electron chi connectivity index (χ3n) is 4.06. The van der Waals surface area contributed by atoms with E-state index in [1.807, 2.05) is 24.3 Å². The van der Waals surface area contributed by atoms with Gasteiger partial charge in [0, 0.05) is 20.1 Å². The summed E-state index contributed by atoms with van der Waals surface area (Å²) in [6.45, 7) is 1.25. The van der Waals surface area contributed by atoms with Crippen LogP contribution in [0.4, 0.5) is 0 Å². The van der Waals surface area contributed by atoms with Crippen LogP contribution in [0.1, 0.15) is 11.1 Å². The Balaban J connectivity index is 1.57. The fraction of sp³-hybridized carbons (Fsp3) is 0.278. The Morgan fingerprint density at radius 1 is 1.04 bits per heavy atom. The predicted molar refractivity (Wildman–Crippen MR) is 102 cm³/mol. The second-order valence-electron chi connectivity index (χ2n) is 5.82. The minimum atomic E-state index is -3.46. The van der Waals surface area contributed by atoms with E-state index in [2.05, 4.69) is 20.3 Å². The zero-order chi connectivity index (χ0) is 19.3. The first-order chi connectivity index (χ1) is 13.0. The summed E-state index contributed by atoms with van der Waals surface area (Å²) >= 11 is 0. The van der Waals surface area contributed by atoms with E-state index in [0.29, 0.717) is 19.0 Å². The lowest BCUT2D eigenvalue weighted by Crippen LogP contribution is -2.36. The van der Waals surface area contributed by atoms with E-state index in [0.717, 1.165) is 22.6 Å². The summed E-state index contributed by atoms with van der Waals surface area (Å²) < 4.78 is 36.8. The number of aliphatic imine (C=N–C) groups is 1. The molecule has 1 aliphatic heterocycles. The third kappa shape index (κ3) is 4.69. The van der Waals surface area contributed by atoms with Gasteiger partial charge in [-0.05, 0) is 42.4 Å². The molecular weight excluding hydrogens is 368 g/mol. The molecule has 27 heavy (non-hydrogen) atoms. The molecular formula is C18H22N4O4S. The molecule has 0 saturated carbocycles. The van der Waals surface area contributed by atoms with E-state index in [1.165, 1.54) is 7.05 Å². The average Bonchev–Trinajstić information content (AvgIpc) is 3.16. The molecule has 0 atom stereocenters. The lowest BCUT2D eigenvalue weighted by Gasteiger charge is -2.13. The summed E-state index contributed by atoms with van der Waals surface area (Å²) in [6.07, 6.45) is 0. The Bertz CT molecular complexity index is 944. The quantitative estimate of drug-likeness (QED) is 0.506. The van der Waals surface area contributed by atoms with Gasteiger partial charge in [0.2, 0.25) is 16.8 Å². The SMILES string of the molecule is CN=C(NCc1cccc(S(=O)(=O)NC)c1)NCc1ccc2c(c1)OCO2. The lowest BCUT2D eigenvalue weighted by atomic mass is 10.2. The number of guanidine groups is 1. The normalized spacial score (nSPS) is 13.5. The summed E-state index contributed by atoms with van der Waals surface area (Å²) in [4.78, 5) is 4.42. The fourth-order valence-electron chi connectivity index (χ4n) is 2.58. The number of rotatable bonds is 6. The number of nitrogens with one attached hydrogen (secondary N) is 3. The average molecular weight is 390 g/mol. The number of hydrogen-bond donors (Lipinski definition) is 3. The number of hydrogen-bond acceptors (Lipinski definition) is 5. The first-order valence-electron chi connectivity index (χ1n) is 8.37. The van der Waals surface area contributed by atoms with E-state index in [4.69, 9.17) is 9.47 Å². The molecule has 1 aliphatic rings. The van der Waals surface area contributed by atoms with Crippen molar-refractivity contribution in [1.29, 1.82) is 0 Å². The predicted octanol–water partition coefficient (Wildman–Crippen LogP) is 1.19. The molecule has 0 unspecified atom stereocenters.